The molecule has 0 atom stereocenters. The molecule has 3 N–H and O–H groups in total. The van der Waals surface area contributed by atoms with Gasteiger partial charge < -0.3 is 20.6 Å². The third-order valence-electron chi connectivity index (χ3n) is 6.73. The Kier molecular flexibility index (Phi) is 9.68. The fourth-order valence-electron chi connectivity index (χ4n) is 4.67. The first-order valence-electron chi connectivity index (χ1n) is 12.3. The van der Waals surface area contributed by atoms with Gasteiger partial charge in [0.2, 0.25) is 5.91 Å². The van der Waals surface area contributed by atoms with Crippen molar-refractivity contribution in [2.45, 2.75) is 44.7 Å². The lowest BCUT2D eigenvalue weighted by atomic mass is 9.87. The summed E-state index contributed by atoms with van der Waals surface area (Å²) in [5.41, 5.74) is 5.91. The summed E-state index contributed by atoms with van der Waals surface area (Å²) in [5.74, 6) is -2.41. The van der Waals surface area contributed by atoms with E-state index in [9.17, 15) is 22.8 Å². The van der Waals surface area contributed by atoms with E-state index in [-0.39, 0.29) is 18.4 Å². The molecule has 0 aromatic heterocycles. The number of likely N-dealkylation sites (tertiary alicyclic amines) is 1. The first-order valence-corrected chi connectivity index (χ1v) is 12.3. The molecule has 1 saturated heterocycles. The number of carbonyl (C=O) groups is 3. The van der Waals surface area contributed by atoms with Crippen LogP contribution in [0.1, 0.15) is 51.4 Å². The van der Waals surface area contributed by atoms with Gasteiger partial charge in [-0.2, -0.15) is 13.2 Å². The summed E-state index contributed by atoms with van der Waals surface area (Å²) in [4.78, 5) is 36.0. The standard InChI is InChI=1S/C25H31N3O2.C2HF3O2/c1-18-4-2-3-5-23(18)20-10-14-28(15-11-20)24(29)17-27-25(30)22-7-6-19-8-12-26-13-9-21(19)16-22;3-2(4,5)1(6)7/h2-7,16,20,26H,8-15,17H2,1H3,(H,27,30);(H,6,7). The van der Waals surface area contributed by atoms with E-state index in [0.717, 1.165) is 51.9 Å². The summed E-state index contributed by atoms with van der Waals surface area (Å²) in [6.07, 6.45) is -1.20. The van der Waals surface area contributed by atoms with Gasteiger partial charge in [0.15, 0.2) is 0 Å². The number of fused-ring (bicyclic) bond motifs is 1. The summed E-state index contributed by atoms with van der Waals surface area (Å²) >= 11 is 0. The molecule has 0 radical (unpaired) electrons. The minimum Gasteiger partial charge on any atom is -0.475 e. The molecule has 0 saturated carbocycles. The highest BCUT2D eigenvalue weighted by Gasteiger charge is 2.38. The van der Waals surface area contributed by atoms with Crippen LogP contribution in [0.25, 0.3) is 0 Å². The second-order valence-electron chi connectivity index (χ2n) is 9.23. The maximum Gasteiger partial charge on any atom is 0.490 e. The molecule has 2 amide bonds. The van der Waals surface area contributed by atoms with Crippen molar-refractivity contribution in [3.05, 3.63) is 70.3 Å². The molecule has 2 aromatic rings. The Bertz CT molecular complexity index is 1110. The maximum absolute atomic E-state index is 12.6. The van der Waals surface area contributed by atoms with E-state index in [4.69, 9.17) is 9.90 Å². The van der Waals surface area contributed by atoms with E-state index in [2.05, 4.69) is 47.9 Å². The van der Waals surface area contributed by atoms with Gasteiger partial charge in [0.05, 0.1) is 6.54 Å². The van der Waals surface area contributed by atoms with Crippen LogP contribution in [-0.4, -0.2) is 66.7 Å². The number of alkyl halides is 3. The molecule has 200 valence electrons. The number of nitrogens with one attached hydrogen (secondary N) is 2. The van der Waals surface area contributed by atoms with E-state index in [1.165, 1.54) is 22.3 Å². The summed E-state index contributed by atoms with van der Waals surface area (Å²) in [6, 6.07) is 14.4. The number of carboxylic acids is 1. The van der Waals surface area contributed by atoms with Crippen molar-refractivity contribution >= 4 is 17.8 Å². The van der Waals surface area contributed by atoms with Gasteiger partial charge in [-0.25, -0.2) is 4.79 Å². The number of hydrogen-bond acceptors (Lipinski definition) is 4. The van der Waals surface area contributed by atoms with Crippen molar-refractivity contribution in [1.82, 2.24) is 15.5 Å². The number of rotatable bonds is 4. The second-order valence-corrected chi connectivity index (χ2v) is 9.23. The topological polar surface area (TPSA) is 98.7 Å². The smallest absolute Gasteiger partial charge is 0.475 e. The number of benzene rings is 2. The van der Waals surface area contributed by atoms with E-state index in [1.807, 2.05) is 17.0 Å². The highest BCUT2D eigenvalue weighted by atomic mass is 19.4. The van der Waals surface area contributed by atoms with Gasteiger partial charge in [-0.3, -0.25) is 9.59 Å². The third-order valence-corrected chi connectivity index (χ3v) is 6.73. The molecular weight excluding hydrogens is 487 g/mol. The SMILES string of the molecule is Cc1ccccc1C1CCN(C(=O)CNC(=O)c2ccc3c(c2)CCNCC3)CC1.O=C(O)C(F)(F)F. The van der Waals surface area contributed by atoms with Gasteiger partial charge in [0, 0.05) is 18.7 Å². The summed E-state index contributed by atoms with van der Waals surface area (Å²) in [6.45, 7) is 5.63. The Morgan fingerprint density at radius 1 is 1.03 bits per heavy atom. The molecule has 2 aromatic carbocycles. The van der Waals surface area contributed by atoms with Crippen LogP contribution >= 0.6 is 0 Å². The second kappa shape index (κ2) is 12.7. The minimum atomic E-state index is -5.08. The molecule has 2 aliphatic rings. The van der Waals surface area contributed by atoms with Crippen LogP contribution in [0.3, 0.4) is 0 Å². The molecule has 2 heterocycles. The molecule has 1 fully saturated rings. The Balaban J connectivity index is 0.000000479. The van der Waals surface area contributed by atoms with Crippen LogP contribution in [0.4, 0.5) is 13.2 Å². The monoisotopic (exact) mass is 519 g/mol. The molecular formula is C27H32F3N3O4. The van der Waals surface area contributed by atoms with E-state index in [0.29, 0.717) is 11.5 Å². The number of amides is 2. The summed E-state index contributed by atoms with van der Waals surface area (Å²) in [7, 11) is 0. The summed E-state index contributed by atoms with van der Waals surface area (Å²) < 4.78 is 31.7. The van der Waals surface area contributed by atoms with Crippen LogP contribution in [-0.2, 0) is 22.4 Å². The normalized spacial score (nSPS) is 16.1. The molecule has 0 aliphatic carbocycles. The molecule has 0 spiro atoms. The lowest BCUT2D eigenvalue weighted by molar-refractivity contribution is -0.192. The number of halogens is 3. The van der Waals surface area contributed by atoms with Crippen LogP contribution in [0.2, 0.25) is 0 Å². The highest BCUT2D eigenvalue weighted by Crippen LogP contribution is 2.30. The maximum atomic E-state index is 12.6. The Morgan fingerprint density at radius 2 is 1.65 bits per heavy atom. The predicted octanol–water partition coefficient (Wildman–Crippen LogP) is 3.45. The number of aliphatic carboxylic acids is 1. The Labute approximate surface area is 214 Å². The average Bonchev–Trinajstić information content (AvgIpc) is 3.12. The van der Waals surface area contributed by atoms with Crippen LogP contribution < -0.4 is 10.6 Å². The molecule has 4 rings (SSSR count). The van der Waals surface area contributed by atoms with Crippen molar-refractivity contribution < 1.29 is 32.7 Å². The fourth-order valence-corrected chi connectivity index (χ4v) is 4.67. The molecule has 7 nitrogen and oxygen atoms in total. The zero-order valence-electron chi connectivity index (χ0n) is 20.7. The van der Waals surface area contributed by atoms with Gasteiger partial charge in [0.1, 0.15) is 0 Å². The fraction of sp³-hybridized carbons (Fsp3) is 0.444. The minimum absolute atomic E-state index is 0.00513. The van der Waals surface area contributed by atoms with Crippen molar-refractivity contribution in [3.8, 4) is 0 Å². The molecule has 0 unspecified atom stereocenters. The molecule has 10 heteroatoms. The van der Waals surface area contributed by atoms with Crippen molar-refractivity contribution in [1.29, 1.82) is 0 Å². The van der Waals surface area contributed by atoms with Crippen molar-refractivity contribution in [3.63, 3.8) is 0 Å². The first kappa shape index (κ1) is 28.2. The molecule has 0 bridgehead atoms. The van der Waals surface area contributed by atoms with E-state index < -0.39 is 12.1 Å². The Morgan fingerprint density at radius 3 is 2.27 bits per heavy atom. The largest absolute Gasteiger partial charge is 0.490 e. The molecule has 2 aliphatic heterocycles. The van der Waals surface area contributed by atoms with Gasteiger partial charge >= 0.3 is 12.1 Å². The third kappa shape index (κ3) is 8.04. The van der Waals surface area contributed by atoms with Gasteiger partial charge in [-0.1, -0.05) is 30.3 Å². The van der Waals surface area contributed by atoms with Gasteiger partial charge in [-0.05, 0) is 86.0 Å². The Hall–Kier alpha value is -3.40. The number of hydrogen-bond donors (Lipinski definition) is 3. The zero-order valence-corrected chi connectivity index (χ0v) is 20.7. The summed E-state index contributed by atoms with van der Waals surface area (Å²) in [5, 5.41) is 13.3. The number of nitrogens with zero attached hydrogens (tertiary/aromatic N) is 1. The van der Waals surface area contributed by atoms with Crippen molar-refractivity contribution in [2.24, 2.45) is 0 Å². The average molecular weight is 520 g/mol. The van der Waals surface area contributed by atoms with Crippen molar-refractivity contribution in [2.75, 3.05) is 32.7 Å². The van der Waals surface area contributed by atoms with Gasteiger partial charge in [0.25, 0.3) is 5.91 Å². The van der Waals surface area contributed by atoms with E-state index in [1.54, 1.807) is 0 Å². The van der Waals surface area contributed by atoms with Crippen LogP contribution in [0.15, 0.2) is 42.5 Å². The highest BCUT2D eigenvalue weighted by molar-refractivity contribution is 5.96. The number of piperidine rings is 1. The van der Waals surface area contributed by atoms with Crippen LogP contribution in [0, 0.1) is 6.92 Å². The van der Waals surface area contributed by atoms with Crippen LogP contribution in [0.5, 0.6) is 0 Å². The zero-order chi connectivity index (χ0) is 27.0. The first-order chi connectivity index (χ1) is 17.6. The lowest BCUT2D eigenvalue weighted by Gasteiger charge is -2.33. The number of aryl methyl sites for hydroxylation is 1. The predicted molar refractivity (Wildman–Crippen MR) is 132 cm³/mol. The molecule has 37 heavy (non-hydrogen) atoms. The van der Waals surface area contributed by atoms with E-state index >= 15 is 0 Å². The quantitative estimate of drug-likeness (QED) is 0.575. The number of carboxylic acid groups (broad SMARTS) is 1. The number of carbonyl (C=O) groups excluding carboxylic acids is 2. The lowest BCUT2D eigenvalue weighted by Crippen LogP contribution is -2.43. The van der Waals surface area contributed by atoms with Gasteiger partial charge in [-0.15, -0.1) is 0 Å².